The van der Waals surface area contributed by atoms with Crippen LogP contribution in [0.4, 0.5) is 31.5 Å². The number of benzene rings is 2. The van der Waals surface area contributed by atoms with E-state index in [1.165, 1.54) is 47.2 Å². The molecule has 4 rings (SSSR count). The summed E-state index contributed by atoms with van der Waals surface area (Å²) in [4.78, 5) is 47.2. The molecular formula is C30H28F2I2N6O6. The molecule has 16 heteroatoms. The molecule has 1 unspecified atom stereocenters. The predicted molar refractivity (Wildman–Crippen MR) is 187 cm³/mol. The van der Waals surface area contributed by atoms with Crippen LogP contribution in [0.2, 0.25) is 0 Å². The number of allylic oxidation sites excluding steroid dienone is 1. The van der Waals surface area contributed by atoms with E-state index in [1.807, 2.05) is 45.2 Å². The van der Waals surface area contributed by atoms with E-state index in [9.17, 15) is 33.1 Å². The third-order valence-corrected chi connectivity index (χ3v) is 7.47. The van der Waals surface area contributed by atoms with Gasteiger partial charge in [0.25, 0.3) is 22.9 Å². The number of aromatic nitrogens is 2. The summed E-state index contributed by atoms with van der Waals surface area (Å²) in [6, 6.07) is 11.3. The number of rotatable bonds is 11. The van der Waals surface area contributed by atoms with Crippen LogP contribution in [0.1, 0.15) is 20.7 Å². The molecule has 0 bridgehead atoms. The van der Waals surface area contributed by atoms with E-state index in [0.717, 1.165) is 20.4 Å². The fourth-order valence-electron chi connectivity index (χ4n) is 3.93. The molecule has 0 aliphatic carbocycles. The molecule has 2 amide bonds. The van der Waals surface area contributed by atoms with Crippen LogP contribution in [0, 0.1) is 18.8 Å². The Kier molecular flexibility index (Phi) is 13.0. The summed E-state index contributed by atoms with van der Waals surface area (Å²) in [5.74, 6) is -2.57. The summed E-state index contributed by atoms with van der Waals surface area (Å²) >= 11 is 3.94. The summed E-state index contributed by atoms with van der Waals surface area (Å²) < 4.78 is 31.6. The van der Waals surface area contributed by atoms with Gasteiger partial charge in [-0.15, -0.1) is 6.58 Å². The van der Waals surface area contributed by atoms with E-state index >= 15 is 0 Å². The molecule has 2 aromatic heterocycles. The van der Waals surface area contributed by atoms with Crippen molar-refractivity contribution in [1.82, 2.24) is 9.13 Å². The second-order valence-electron chi connectivity index (χ2n) is 9.53. The lowest BCUT2D eigenvalue weighted by Gasteiger charge is -2.15. The normalized spacial score (nSPS) is 11.2. The quantitative estimate of drug-likeness (QED) is 0.0976. The highest BCUT2D eigenvalue weighted by Crippen LogP contribution is 2.25. The smallest absolute Gasteiger partial charge is 0.252 e. The van der Waals surface area contributed by atoms with Crippen molar-refractivity contribution in [1.29, 1.82) is 0 Å². The highest BCUT2D eigenvalue weighted by molar-refractivity contribution is 14.1. The number of carbonyl (C=O) groups is 2. The number of pyridine rings is 2. The first-order valence-electron chi connectivity index (χ1n) is 13.2. The zero-order chi connectivity index (χ0) is 34.1. The zero-order valence-electron chi connectivity index (χ0n) is 23.8. The molecule has 46 heavy (non-hydrogen) atoms. The van der Waals surface area contributed by atoms with Crippen molar-refractivity contribution in [3.05, 3.63) is 124 Å². The van der Waals surface area contributed by atoms with Gasteiger partial charge in [0.1, 0.15) is 11.6 Å². The standard InChI is InChI=1S/C15H15FIN3O4.C15H13FIN3O2/c16-11-3-8(17)1-2-12(11)19-13-4-14(23)20(5-9(22)7-21)6-10(13)15(18)24;1-2-5-20-8-10(15(18)22)13(7-14(20)21)19-12-4-3-9(17)6-11(12)16/h1-4,6,9,19,21-22H,5,7H2,(H2,18,24);2-4,6-8,19H,1,5H2,(H2,18,22). The number of nitrogens with one attached hydrogen (secondary N) is 2. The number of hydrogen-bond donors (Lipinski definition) is 6. The van der Waals surface area contributed by atoms with Crippen LogP contribution in [0.5, 0.6) is 0 Å². The van der Waals surface area contributed by atoms with Crippen molar-refractivity contribution < 1.29 is 28.6 Å². The van der Waals surface area contributed by atoms with Gasteiger partial charge in [-0.05, 0) is 81.6 Å². The Bertz CT molecular complexity index is 1900. The molecule has 4 aromatic rings. The number of aliphatic hydroxyl groups is 2. The number of nitrogens with zero attached hydrogens (tertiary/aromatic N) is 2. The van der Waals surface area contributed by atoms with Gasteiger partial charge >= 0.3 is 0 Å². The predicted octanol–water partition coefficient (Wildman–Crippen LogP) is 3.41. The van der Waals surface area contributed by atoms with Crippen LogP contribution >= 0.6 is 45.2 Å². The summed E-state index contributed by atoms with van der Waals surface area (Å²) in [5.41, 5.74) is 10.3. The minimum Gasteiger partial charge on any atom is -0.394 e. The number of primary amides is 2. The SMILES string of the molecule is C=CCn1cc(C(N)=O)c(Nc2ccc(I)cc2F)cc1=O.NC(=O)c1cn(CC(O)CO)c(=O)cc1Nc1ccc(I)cc1F. The Hall–Kier alpha value is -4.14. The van der Waals surface area contributed by atoms with Crippen molar-refractivity contribution in [3.8, 4) is 0 Å². The topological polar surface area (TPSA) is 195 Å². The molecule has 2 heterocycles. The van der Waals surface area contributed by atoms with Crippen LogP contribution < -0.4 is 33.2 Å². The highest BCUT2D eigenvalue weighted by atomic mass is 127. The number of halogens is 4. The minimum atomic E-state index is -1.16. The molecule has 8 N–H and O–H groups in total. The van der Waals surface area contributed by atoms with Gasteiger partial charge in [0.15, 0.2) is 0 Å². The minimum absolute atomic E-state index is 0.0438. The van der Waals surface area contributed by atoms with E-state index in [2.05, 4.69) is 17.2 Å². The van der Waals surface area contributed by atoms with Crippen molar-refractivity contribution in [3.63, 3.8) is 0 Å². The maximum absolute atomic E-state index is 13.9. The lowest BCUT2D eigenvalue weighted by Crippen LogP contribution is -2.30. The molecule has 0 spiro atoms. The van der Waals surface area contributed by atoms with Crippen LogP contribution in [0.25, 0.3) is 0 Å². The largest absolute Gasteiger partial charge is 0.394 e. The van der Waals surface area contributed by atoms with Crippen LogP contribution in [-0.4, -0.2) is 43.9 Å². The maximum Gasteiger partial charge on any atom is 0.252 e. The molecule has 12 nitrogen and oxygen atoms in total. The molecule has 242 valence electrons. The highest BCUT2D eigenvalue weighted by Gasteiger charge is 2.16. The van der Waals surface area contributed by atoms with Gasteiger partial charge in [-0.3, -0.25) is 19.2 Å². The lowest BCUT2D eigenvalue weighted by atomic mass is 10.2. The number of hydrogen-bond acceptors (Lipinski definition) is 8. The summed E-state index contributed by atoms with van der Waals surface area (Å²) in [6.07, 6.45) is 2.87. The molecule has 0 fully saturated rings. The maximum atomic E-state index is 13.9. The Morgan fingerprint density at radius 3 is 1.65 bits per heavy atom. The zero-order valence-corrected chi connectivity index (χ0v) is 28.2. The summed E-state index contributed by atoms with van der Waals surface area (Å²) in [7, 11) is 0. The molecular weight excluding hydrogens is 832 g/mol. The first kappa shape index (κ1) is 36.3. The Morgan fingerprint density at radius 2 is 1.26 bits per heavy atom. The lowest BCUT2D eigenvalue weighted by molar-refractivity contribution is 0.0802. The van der Waals surface area contributed by atoms with Gasteiger partial charge in [0, 0.05) is 38.2 Å². The fourth-order valence-corrected chi connectivity index (χ4v) is 4.83. The molecule has 0 aliphatic rings. The number of aliphatic hydroxyl groups excluding tert-OH is 2. The van der Waals surface area contributed by atoms with Gasteiger partial charge in [0.05, 0.1) is 53.1 Å². The number of nitrogens with two attached hydrogens (primary N) is 2. The second-order valence-corrected chi connectivity index (χ2v) is 12.0. The van der Waals surface area contributed by atoms with Crippen LogP contribution in [-0.2, 0) is 13.1 Å². The van der Waals surface area contributed by atoms with Gasteiger partial charge in [0.2, 0.25) is 0 Å². The number of carbonyl (C=O) groups excluding carboxylic acids is 2. The van der Waals surface area contributed by atoms with Crippen molar-refractivity contribution in [2.75, 3.05) is 17.2 Å². The third-order valence-electron chi connectivity index (χ3n) is 6.13. The monoisotopic (exact) mass is 860 g/mol. The Balaban J connectivity index is 0.000000251. The van der Waals surface area contributed by atoms with Gasteiger partial charge < -0.3 is 41.4 Å². The summed E-state index contributed by atoms with van der Waals surface area (Å²) in [6.45, 7) is 3.05. The molecule has 0 radical (unpaired) electrons. The number of amides is 2. The average molecular weight is 860 g/mol. The van der Waals surface area contributed by atoms with E-state index in [0.29, 0.717) is 3.57 Å². The van der Waals surface area contributed by atoms with E-state index in [1.54, 1.807) is 12.1 Å². The first-order valence-corrected chi connectivity index (χ1v) is 15.3. The Labute approximate surface area is 288 Å². The van der Waals surface area contributed by atoms with Gasteiger partial charge in [-0.25, -0.2) is 8.78 Å². The molecule has 2 aromatic carbocycles. The molecule has 0 saturated heterocycles. The third kappa shape index (κ3) is 9.68. The van der Waals surface area contributed by atoms with Gasteiger partial charge in [-0.1, -0.05) is 6.08 Å². The fraction of sp³-hybridized carbons (Fsp3) is 0.133. The number of anilines is 4. The van der Waals surface area contributed by atoms with E-state index in [4.69, 9.17) is 16.6 Å². The second kappa shape index (κ2) is 16.4. The van der Waals surface area contributed by atoms with Crippen molar-refractivity contribution in [2.45, 2.75) is 19.2 Å². The van der Waals surface area contributed by atoms with E-state index < -0.39 is 41.7 Å². The molecule has 0 saturated carbocycles. The first-order chi connectivity index (χ1) is 21.7. The summed E-state index contributed by atoms with van der Waals surface area (Å²) in [5, 5.41) is 23.7. The average Bonchev–Trinajstić information content (AvgIpc) is 2.98. The molecule has 0 aliphatic heterocycles. The van der Waals surface area contributed by atoms with Gasteiger partial charge in [-0.2, -0.15) is 0 Å². The van der Waals surface area contributed by atoms with Crippen LogP contribution in [0.3, 0.4) is 0 Å². The van der Waals surface area contributed by atoms with E-state index in [-0.39, 0.29) is 52.5 Å². The van der Waals surface area contributed by atoms with Crippen LogP contribution in [0.15, 0.2) is 83.2 Å². The van der Waals surface area contributed by atoms with Crippen molar-refractivity contribution >= 4 is 79.7 Å². The molecule has 1 atom stereocenters. The Morgan fingerprint density at radius 1 is 0.826 bits per heavy atom. The van der Waals surface area contributed by atoms with Crippen molar-refractivity contribution in [2.24, 2.45) is 11.5 Å².